The van der Waals surface area contributed by atoms with Gasteiger partial charge >= 0.3 is 12.2 Å². The van der Waals surface area contributed by atoms with Crippen molar-refractivity contribution in [1.29, 1.82) is 0 Å². The number of benzene rings is 5. The molecule has 0 radical (unpaired) electrons. The van der Waals surface area contributed by atoms with E-state index in [4.69, 9.17) is 57.4 Å². The van der Waals surface area contributed by atoms with E-state index in [0.717, 1.165) is 106 Å². The SMILES string of the molecule is CCCCCCCCNC(=O)Oc1cc(O)c2c(c1)[C@@H](C(=O)CC1C3CC4CC(C3)CC1C4)NC(=O)[C@H]1NC(=O)[C@H](CC(=O)[C@@H]3NC(=O)[C@H](CC(N)=O)CC(=O)[C@H](NC(=O)[C@@H](CC(C)C)N(C)C(=O)OC(C)(C)C)[C@H](O)c4ccc(c(Cl)c4)Oc4cc3cc(c4OC3OC(CO)C(O)C(O)C3O)Oc3ccc(cc3Cl)[C@H]1O)c1ccc(O)c-2c1. The zero-order valence-corrected chi connectivity index (χ0v) is 68.7. The molecule has 14 atom stereocenters. The number of aromatic hydroxyl groups is 2. The van der Waals surface area contributed by atoms with Crippen molar-refractivity contribution in [3.63, 3.8) is 0 Å². The monoisotopic (exact) mass is 1690 g/mol. The molecule has 0 aromatic heterocycles. The lowest BCUT2D eigenvalue weighted by molar-refractivity contribution is -0.277. The van der Waals surface area contributed by atoms with Crippen LogP contribution in [0.4, 0.5) is 9.59 Å². The molecule has 1 saturated heterocycles. The van der Waals surface area contributed by atoms with Crippen LogP contribution < -0.4 is 51.3 Å². The fraction of sp³-hybridized carbons (Fsp3) is 0.535. The van der Waals surface area contributed by atoms with Crippen LogP contribution >= 0.6 is 23.2 Å². The fourth-order valence-electron chi connectivity index (χ4n) is 17.8. The number of ether oxygens (including phenoxy) is 6. The van der Waals surface area contributed by atoms with Crippen molar-refractivity contribution < 1.29 is 117 Å². The highest BCUT2D eigenvalue weighted by Crippen LogP contribution is 2.58. The van der Waals surface area contributed by atoms with Gasteiger partial charge in [-0.1, -0.05) is 94.3 Å². The van der Waals surface area contributed by atoms with Crippen LogP contribution in [0.15, 0.2) is 78.9 Å². The number of aliphatic hydroxyl groups is 6. The first kappa shape index (κ1) is 88.6. The van der Waals surface area contributed by atoms with Crippen molar-refractivity contribution in [3.8, 4) is 57.1 Å². The van der Waals surface area contributed by atoms with Crippen LogP contribution in [0.25, 0.3) is 11.1 Å². The molecule has 6 aliphatic heterocycles. The predicted molar refractivity (Wildman–Crippen MR) is 429 cm³/mol. The van der Waals surface area contributed by atoms with Crippen molar-refractivity contribution in [2.45, 2.75) is 229 Å². The Morgan fingerprint density at radius 1 is 0.672 bits per heavy atom. The summed E-state index contributed by atoms with van der Waals surface area (Å²) in [6.07, 6.45) is -9.05. The smallest absolute Gasteiger partial charge is 0.412 e. The van der Waals surface area contributed by atoms with Gasteiger partial charge in [-0.05, 0) is 184 Å². The minimum atomic E-state index is -2.21. The highest BCUT2D eigenvalue weighted by molar-refractivity contribution is 6.32. The molecular formula is C86H105Cl2N7O24. The molecule has 33 heteroatoms. The average Bonchev–Trinajstić information content (AvgIpc) is 0.756. The van der Waals surface area contributed by atoms with Gasteiger partial charge in [-0.2, -0.15) is 0 Å². The summed E-state index contributed by atoms with van der Waals surface area (Å²) in [7, 11) is 1.30. The molecule has 4 aliphatic carbocycles. The van der Waals surface area contributed by atoms with Crippen molar-refractivity contribution in [3.05, 3.63) is 117 Å². The van der Waals surface area contributed by atoms with Gasteiger partial charge in [0.15, 0.2) is 28.8 Å². The fourth-order valence-corrected chi connectivity index (χ4v) is 18.3. The first-order chi connectivity index (χ1) is 56.4. The molecule has 5 aromatic carbocycles. The van der Waals surface area contributed by atoms with Gasteiger partial charge in [0.2, 0.25) is 41.6 Å². The number of phenolic OH excluding ortho intramolecular Hbond substituents is 2. The molecule has 10 aliphatic rings. The number of phenols is 2. The molecule has 15 N–H and O–H groups in total. The number of hydrogen-bond acceptors (Lipinski definition) is 24. The number of nitrogens with zero attached hydrogens (tertiary/aromatic N) is 1. The summed E-state index contributed by atoms with van der Waals surface area (Å²) in [4.78, 5) is 152. The molecular weight excluding hydrogens is 1590 g/mol. The molecule has 6 heterocycles. The molecule has 642 valence electrons. The van der Waals surface area contributed by atoms with Gasteiger partial charge in [0.05, 0.1) is 28.5 Å². The standard InChI is InChI=1S/C86H105Cl2N7O24/c1-8-9-10-11-12-13-20-90-84(112)114-49-34-53-68(58(98)35-49)52-27-42(14-17-57(52)97)51-37-60(100)69-47-31-64(115-62-18-15-43(28-54(62)87)73(103)71(59(99)30-48(33-67(89)102)79(108)91-69)93-81(110)56(21-39(2)3)95(7)85(113)119-86(4,5)6)78(118-83-77(107)76(106)75(105)66(38-96)117-83)65(32-47)116-63-19-16-44(29-55(63)88)74(104)72(94-80(51)109)82(111)92-70(53)61(101)36-50-45-23-40-22-41(25-45)26-46(50)24-40/h14-19,27-29,31-32,34-35,39-41,45-46,48,50-51,56,66,69-77,83,96-98,103-107H,8-13,20-26,30,33,36-38H2,1-7H3,(H2,89,102)(H,90,112)(H,91,108)(H,92,111)(H,93,110)(H,94,109)/t40?,41?,45?,46?,48-,50?,51+,56+,66?,69+,70-,71-,72-,73+,74+,75?,76?,77?,83?/m0/s1. The molecule has 0 spiro atoms. The number of primary amides is 1. The topological polar surface area (TPSA) is 477 Å². The number of carbonyl (C=O) groups is 10. The Kier molecular flexibility index (Phi) is 27.9. The summed E-state index contributed by atoms with van der Waals surface area (Å²) in [6.45, 7) is 9.71. The number of aliphatic hydroxyl groups excluding tert-OH is 6. The van der Waals surface area contributed by atoms with E-state index in [1.165, 1.54) is 49.5 Å². The van der Waals surface area contributed by atoms with Crippen molar-refractivity contribution in [2.75, 3.05) is 20.2 Å². The predicted octanol–water partition coefficient (Wildman–Crippen LogP) is 9.18. The number of amides is 7. The zero-order valence-electron chi connectivity index (χ0n) is 67.2. The van der Waals surface area contributed by atoms with E-state index in [0.29, 0.717) is 18.3 Å². The molecule has 5 aromatic rings. The highest BCUT2D eigenvalue weighted by atomic mass is 35.5. The number of ketones is 3. The molecule has 5 fully saturated rings. The normalized spacial score (nSPS) is 27.6. The summed E-state index contributed by atoms with van der Waals surface area (Å²) >= 11 is 14.3. The average molecular weight is 1690 g/mol. The van der Waals surface area contributed by atoms with Crippen LogP contribution in [0, 0.1) is 41.4 Å². The third-order valence-corrected chi connectivity index (χ3v) is 24.3. The molecule has 15 bridgehead atoms. The van der Waals surface area contributed by atoms with Crippen molar-refractivity contribution in [2.24, 2.45) is 47.2 Å². The van der Waals surface area contributed by atoms with E-state index in [1.54, 1.807) is 34.6 Å². The second-order valence-electron chi connectivity index (χ2n) is 34.0. The molecule has 119 heavy (non-hydrogen) atoms. The third-order valence-electron chi connectivity index (χ3n) is 23.7. The largest absolute Gasteiger partial charge is 0.507 e. The van der Waals surface area contributed by atoms with Crippen LogP contribution in [0.2, 0.25) is 10.0 Å². The zero-order chi connectivity index (χ0) is 85.9. The summed E-state index contributed by atoms with van der Waals surface area (Å²) in [5, 5.41) is 107. The van der Waals surface area contributed by atoms with Crippen molar-refractivity contribution in [1.82, 2.24) is 31.5 Å². The molecule has 15 rings (SSSR count). The van der Waals surface area contributed by atoms with Crippen LogP contribution in [0.5, 0.6) is 46.0 Å². The van der Waals surface area contributed by atoms with Crippen LogP contribution in [-0.2, 0) is 47.8 Å². The Morgan fingerprint density at radius 3 is 1.90 bits per heavy atom. The van der Waals surface area contributed by atoms with E-state index in [1.807, 2.05) is 0 Å². The summed E-state index contributed by atoms with van der Waals surface area (Å²) in [5.74, 6) is -15.9. The summed E-state index contributed by atoms with van der Waals surface area (Å²) < 4.78 is 37.0. The summed E-state index contributed by atoms with van der Waals surface area (Å²) in [6, 6.07) is 5.62. The molecule has 5 unspecified atom stereocenters. The number of hydrogen-bond donors (Lipinski definition) is 14. The van der Waals surface area contributed by atoms with Gasteiger partial charge < -0.3 is 102 Å². The van der Waals surface area contributed by atoms with E-state index in [-0.39, 0.29) is 109 Å². The Balaban J connectivity index is 1.04. The maximum absolute atomic E-state index is 16.5. The van der Waals surface area contributed by atoms with E-state index < -0.39 is 204 Å². The maximum atomic E-state index is 16.5. The number of unbranched alkanes of at least 4 members (excludes halogenated alkanes) is 5. The molecule has 4 saturated carbocycles. The number of halogens is 2. The Labute approximate surface area is 697 Å². The molecule has 31 nitrogen and oxygen atoms in total. The van der Waals surface area contributed by atoms with Gasteiger partial charge in [-0.15, -0.1) is 0 Å². The Bertz CT molecular complexity index is 4660. The number of fused-ring (bicyclic) bond motifs is 15. The minimum Gasteiger partial charge on any atom is -0.507 e. The van der Waals surface area contributed by atoms with Crippen LogP contribution in [0.1, 0.15) is 202 Å². The third kappa shape index (κ3) is 20.3. The van der Waals surface area contributed by atoms with E-state index in [2.05, 4.69) is 33.5 Å². The lowest BCUT2D eigenvalue weighted by atomic mass is 9.51. The number of rotatable bonds is 21. The lowest BCUT2D eigenvalue weighted by Crippen LogP contribution is -2.60. The van der Waals surface area contributed by atoms with Gasteiger partial charge in [-0.25, -0.2) is 9.59 Å². The first-order valence-corrected chi connectivity index (χ1v) is 41.4. The van der Waals surface area contributed by atoms with Crippen LogP contribution in [0.3, 0.4) is 0 Å². The van der Waals surface area contributed by atoms with Gasteiger partial charge in [-0.3, -0.25) is 43.3 Å². The lowest BCUT2D eigenvalue weighted by Gasteiger charge is -2.54. The number of likely N-dealkylation sites (N-methyl/N-ethyl adjacent to an activating group) is 1. The van der Waals surface area contributed by atoms with Gasteiger partial charge in [0.1, 0.15) is 101 Å². The van der Waals surface area contributed by atoms with Gasteiger partial charge in [0, 0.05) is 56.5 Å². The van der Waals surface area contributed by atoms with Crippen molar-refractivity contribution >= 4 is 82.3 Å². The number of carbonyl (C=O) groups excluding carboxylic acids is 10. The van der Waals surface area contributed by atoms with Crippen LogP contribution in [-0.4, -0.2) is 179 Å². The Hall–Kier alpha value is -9.70. The van der Waals surface area contributed by atoms with Gasteiger partial charge in [0.25, 0.3) is 0 Å². The first-order valence-electron chi connectivity index (χ1n) is 40.6. The molecule has 7 amide bonds. The van der Waals surface area contributed by atoms with E-state index >= 15 is 28.8 Å². The Morgan fingerprint density at radius 2 is 1.29 bits per heavy atom. The number of nitrogens with two attached hydrogens (primary N) is 1. The number of nitrogens with one attached hydrogen (secondary N) is 5. The van der Waals surface area contributed by atoms with E-state index in [9.17, 15) is 60.0 Å². The second-order valence-corrected chi connectivity index (χ2v) is 34.8. The highest BCUT2D eigenvalue weighted by Gasteiger charge is 2.51. The quantitative estimate of drug-likeness (QED) is 0.0304. The second kappa shape index (κ2) is 37.5. The maximum Gasteiger partial charge on any atom is 0.412 e. The minimum absolute atomic E-state index is 0.0267. The number of Topliss-reactive ketones (excluding diaryl/α,β-unsaturated/α-hetero) is 3. The summed E-state index contributed by atoms with van der Waals surface area (Å²) in [5.41, 5.74) is 3.14.